The Hall–Kier alpha value is -2.13. The first-order chi connectivity index (χ1) is 10.9. The number of H-pyrrole nitrogens is 1. The largest absolute Gasteiger partial charge is 0.357 e. The lowest BCUT2D eigenvalue weighted by Gasteiger charge is -2.35. The van der Waals surface area contributed by atoms with E-state index in [1.807, 2.05) is 18.5 Å². The molecular formula is C19H21N3. The van der Waals surface area contributed by atoms with E-state index < -0.39 is 0 Å². The highest BCUT2D eigenvalue weighted by atomic mass is 15.2. The summed E-state index contributed by atoms with van der Waals surface area (Å²) in [5.41, 5.74) is 3.88. The summed E-state index contributed by atoms with van der Waals surface area (Å²) in [7, 11) is 0. The quantitative estimate of drug-likeness (QED) is 0.780. The van der Waals surface area contributed by atoms with Crippen LogP contribution in [-0.2, 0) is 6.54 Å². The molecule has 112 valence electrons. The van der Waals surface area contributed by atoms with Gasteiger partial charge in [0.05, 0.1) is 0 Å². The Morgan fingerprint density at radius 3 is 2.95 bits per heavy atom. The number of aromatic amines is 1. The van der Waals surface area contributed by atoms with Crippen molar-refractivity contribution in [2.24, 2.45) is 0 Å². The van der Waals surface area contributed by atoms with Crippen LogP contribution in [0, 0.1) is 0 Å². The molecule has 3 heteroatoms. The van der Waals surface area contributed by atoms with Crippen molar-refractivity contribution in [2.45, 2.75) is 31.8 Å². The summed E-state index contributed by atoms with van der Waals surface area (Å²) in [5, 5.41) is 1.30. The molecule has 0 aliphatic carbocycles. The first kappa shape index (κ1) is 13.5. The van der Waals surface area contributed by atoms with E-state index in [-0.39, 0.29) is 0 Å². The molecule has 1 aliphatic rings. The summed E-state index contributed by atoms with van der Waals surface area (Å²) >= 11 is 0. The number of nitrogens with one attached hydrogen (secondary N) is 1. The number of likely N-dealkylation sites (tertiary alicyclic amines) is 1. The van der Waals surface area contributed by atoms with Gasteiger partial charge in [0, 0.05) is 36.2 Å². The normalized spacial score (nSPS) is 19.5. The van der Waals surface area contributed by atoms with Crippen molar-refractivity contribution in [3.63, 3.8) is 0 Å². The molecule has 1 unspecified atom stereocenters. The zero-order valence-corrected chi connectivity index (χ0v) is 12.7. The fraction of sp³-hybridized carbons (Fsp3) is 0.316. The Bertz CT molecular complexity index is 714. The molecule has 0 amide bonds. The Kier molecular flexibility index (Phi) is 3.65. The van der Waals surface area contributed by atoms with Crippen LogP contribution in [0.1, 0.15) is 36.6 Å². The topological polar surface area (TPSA) is 31.9 Å². The summed E-state index contributed by atoms with van der Waals surface area (Å²) in [6, 6.07) is 15.5. The highest BCUT2D eigenvalue weighted by Crippen LogP contribution is 2.31. The smallest absolute Gasteiger partial charge is 0.0456 e. The van der Waals surface area contributed by atoms with Gasteiger partial charge in [0.15, 0.2) is 0 Å². The highest BCUT2D eigenvalue weighted by Gasteiger charge is 2.24. The van der Waals surface area contributed by atoms with Gasteiger partial charge >= 0.3 is 0 Å². The number of nitrogens with zero attached hydrogens (tertiary/aromatic N) is 2. The number of hydrogen-bond donors (Lipinski definition) is 1. The molecule has 1 aromatic carbocycles. The van der Waals surface area contributed by atoms with Gasteiger partial charge in [0.25, 0.3) is 0 Å². The Labute approximate surface area is 131 Å². The second-order valence-electron chi connectivity index (χ2n) is 6.15. The van der Waals surface area contributed by atoms with E-state index in [0.717, 1.165) is 13.1 Å². The monoisotopic (exact) mass is 291 g/mol. The fourth-order valence-corrected chi connectivity index (χ4v) is 3.57. The van der Waals surface area contributed by atoms with Gasteiger partial charge in [-0.3, -0.25) is 9.88 Å². The van der Waals surface area contributed by atoms with Crippen molar-refractivity contribution in [1.82, 2.24) is 14.9 Å². The van der Waals surface area contributed by atoms with Gasteiger partial charge in [0.2, 0.25) is 0 Å². The lowest BCUT2D eigenvalue weighted by atomic mass is 9.96. The van der Waals surface area contributed by atoms with E-state index in [9.17, 15) is 0 Å². The van der Waals surface area contributed by atoms with Crippen LogP contribution < -0.4 is 0 Å². The summed E-state index contributed by atoms with van der Waals surface area (Å²) in [4.78, 5) is 10.4. The summed E-state index contributed by atoms with van der Waals surface area (Å²) in [5.74, 6) is 0. The van der Waals surface area contributed by atoms with Gasteiger partial charge in [-0.1, -0.05) is 30.7 Å². The molecule has 1 aliphatic heterocycles. The van der Waals surface area contributed by atoms with Crippen molar-refractivity contribution in [3.05, 3.63) is 66.1 Å². The number of hydrogen-bond acceptors (Lipinski definition) is 2. The number of rotatable bonds is 3. The second-order valence-corrected chi connectivity index (χ2v) is 6.15. The zero-order valence-electron chi connectivity index (χ0n) is 12.7. The standard InChI is InChI=1S/C19H21N3/c1-2-8-18-15(6-1)12-17(21-18)14-22-11-4-3-9-19(22)16-7-5-10-20-13-16/h1-2,5-8,10,12-13,19,21H,3-4,9,11,14H2. The van der Waals surface area contributed by atoms with E-state index in [1.165, 1.54) is 41.4 Å². The van der Waals surface area contributed by atoms with Gasteiger partial charge in [-0.05, 0) is 48.5 Å². The van der Waals surface area contributed by atoms with Crippen LogP contribution in [-0.4, -0.2) is 21.4 Å². The fourth-order valence-electron chi connectivity index (χ4n) is 3.57. The van der Waals surface area contributed by atoms with E-state index in [0.29, 0.717) is 6.04 Å². The minimum Gasteiger partial charge on any atom is -0.357 e. The van der Waals surface area contributed by atoms with Crippen LogP contribution in [0.15, 0.2) is 54.9 Å². The Morgan fingerprint density at radius 1 is 1.14 bits per heavy atom. The average molecular weight is 291 g/mol. The molecule has 0 spiro atoms. The molecule has 3 heterocycles. The predicted molar refractivity (Wildman–Crippen MR) is 89.5 cm³/mol. The average Bonchev–Trinajstić information content (AvgIpc) is 2.98. The first-order valence-electron chi connectivity index (χ1n) is 8.11. The molecule has 1 saturated heterocycles. The minimum atomic E-state index is 0.494. The summed E-state index contributed by atoms with van der Waals surface area (Å²) in [6.07, 6.45) is 7.70. The SMILES string of the molecule is c1cncc(C2CCCCN2Cc2cc3ccccc3[nH]2)c1. The van der Waals surface area contributed by atoms with Gasteiger partial charge in [-0.25, -0.2) is 0 Å². The molecule has 3 nitrogen and oxygen atoms in total. The lowest BCUT2D eigenvalue weighted by molar-refractivity contribution is 0.139. The number of para-hydroxylation sites is 1. The van der Waals surface area contributed by atoms with Crippen molar-refractivity contribution in [1.29, 1.82) is 0 Å². The number of fused-ring (bicyclic) bond motifs is 1. The zero-order chi connectivity index (χ0) is 14.8. The molecule has 0 radical (unpaired) electrons. The molecular weight excluding hydrogens is 270 g/mol. The molecule has 2 aromatic heterocycles. The minimum absolute atomic E-state index is 0.494. The maximum atomic E-state index is 4.30. The molecule has 22 heavy (non-hydrogen) atoms. The summed E-state index contributed by atoms with van der Waals surface area (Å²) in [6.45, 7) is 2.14. The van der Waals surface area contributed by atoms with Gasteiger partial charge in [-0.15, -0.1) is 0 Å². The predicted octanol–water partition coefficient (Wildman–Crippen LogP) is 4.29. The third kappa shape index (κ3) is 2.64. The van der Waals surface area contributed by atoms with Crippen LogP contribution in [0.3, 0.4) is 0 Å². The molecule has 1 N–H and O–H groups in total. The maximum absolute atomic E-state index is 4.30. The van der Waals surface area contributed by atoms with E-state index in [2.05, 4.69) is 51.3 Å². The van der Waals surface area contributed by atoms with Crippen molar-refractivity contribution < 1.29 is 0 Å². The summed E-state index contributed by atoms with van der Waals surface area (Å²) < 4.78 is 0. The number of pyridine rings is 1. The van der Waals surface area contributed by atoms with E-state index >= 15 is 0 Å². The number of benzene rings is 1. The number of aromatic nitrogens is 2. The van der Waals surface area contributed by atoms with Crippen LogP contribution in [0.2, 0.25) is 0 Å². The van der Waals surface area contributed by atoms with Gasteiger partial charge < -0.3 is 4.98 Å². The third-order valence-corrected chi connectivity index (χ3v) is 4.64. The van der Waals surface area contributed by atoms with Gasteiger partial charge in [-0.2, -0.15) is 0 Å². The molecule has 3 aromatic rings. The molecule has 1 atom stereocenters. The van der Waals surface area contributed by atoms with Crippen molar-refractivity contribution in [3.8, 4) is 0 Å². The van der Waals surface area contributed by atoms with Crippen molar-refractivity contribution in [2.75, 3.05) is 6.54 Å². The van der Waals surface area contributed by atoms with Crippen LogP contribution in [0.4, 0.5) is 0 Å². The van der Waals surface area contributed by atoms with Gasteiger partial charge in [0.1, 0.15) is 0 Å². The third-order valence-electron chi connectivity index (χ3n) is 4.64. The molecule has 0 saturated carbocycles. The van der Waals surface area contributed by atoms with Crippen LogP contribution in [0.5, 0.6) is 0 Å². The van der Waals surface area contributed by atoms with Crippen LogP contribution >= 0.6 is 0 Å². The number of piperidine rings is 1. The lowest BCUT2D eigenvalue weighted by Crippen LogP contribution is -2.33. The molecule has 1 fully saturated rings. The maximum Gasteiger partial charge on any atom is 0.0456 e. The van der Waals surface area contributed by atoms with Crippen LogP contribution in [0.25, 0.3) is 10.9 Å². The molecule has 0 bridgehead atoms. The second kappa shape index (κ2) is 5.93. The Balaban J connectivity index is 1.59. The van der Waals surface area contributed by atoms with E-state index in [4.69, 9.17) is 0 Å². The van der Waals surface area contributed by atoms with Crippen molar-refractivity contribution >= 4 is 10.9 Å². The molecule has 4 rings (SSSR count). The first-order valence-corrected chi connectivity index (χ1v) is 8.11. The highest BCUT2D eigenvalue weighted by molar-refractivity contribution is 5.80. The van der Waals surface area contributed by atoms with E-state index in [1.54, 1.807) is 0 Å². The Morgan fingerprint density at radius 2 is 2.09 bits per heavy atom.